The molecule has 0 bridgehead atoms. The van der Waals surface area contributed by atoms with Crippen LogP contribution in [0.3, 0.4) is 0 Å². The van der Waals surface area contributed by atoms with E-state index in [9.17, 15) is 0 Å². The van der Waals surface area contributed by atoms with Gasteiger partial charge in [0, 0.05) is 40.3 Å². The van der Waals surface area contributed by atoms with Gasteiger partial charge in [-0.2, -0.15) is 5.10 Å². The Hall–Kier alpha value is -2.41. The number of rotatable bonds is 6. The maximum Gasteiger partial charge on any atom is 0.193 e. The summed E-state index contributed by atoms with van der Waals surface area (Å²) in [5.74, 6) is 1.81. The van der Waals surface area contributed by atoms with E-state index in [-0.39, 0.29) is 0 Å². The summed E-state index contributed by atoms with van der Waals surface area (Å²) in [4.78, 5) is 13.4. The van der Waals surface area contributed by atoms with Gasteiger partial charge in [-0.15, -0.1) is 0 Å². The molecule has 0 amide bonds. The first-order valence-corrected chi connectivity index (χ1v) is 9.20. The zero-order valence-corrected chi connectivity index (χ0v) is 16.0. The van der Waals surface area contributed by atoms with Crippen molar-refractivity contribution in [3.8, 4) is 0 Å². The van der Waals surface area contributed by atoms with E-state index < -0.39 is 0 Å². The topological polar surface area (TPSA) is 61.6 Å². The number of nitrogens with one attached hydrogen (secondary N) is 1. The van der Waals surface area contributed by atoms with Crippen LogP contribution >= 0.6 is 0 Å². The Kier molecular flexibility index (Phi) is 6.22. The number of hydrogen-bond donors (Lipinski definition) is 1. The van der Waals surface area contributed by atoms with Crippen LogP contribution in [0, 0.1) is 0 Å². The Morgan fingerprint density at radius 3 is 2.85 bits per heavy atom. The van der Waals surface area contributed by atoms with Gasteiger partial charge < -0.3 is 10.2 Å². The van der Waals surface area contributed by atoms with E-state index in [0.717, 1.165) is 31.4 Å². The van der Waals surface area contributed by atoms with Gasteiger partial charge in [0.1, 0.15) is 12.2 Å². The largest absolute Gasteiger partial charge is 0.355 e. The molecule has 7 heteroatoms. The first-order chi connectivity index (χ1) is 12.7. The second-order valence-electron chi connectivity index (χ2n) is 6.84. The zero-order chi connectivity index (χ0) is 18.4. The molecule has 0 spiro atoms. The highest BCUT2D eigenvalue weighted by molar-refractivity contribution is 5.79. The van der Waals surface area contributed by atoms with Gasteiger partial charge in [-0.1, -0.05) is 30.3 Å². The zero-order valence-electron chi connectivity index (χ0n) is 16.0. The average Bonchev–Trinajstić information content (AvgIpc) is 3.26. The van der Waals surface area contributed by atoms with Crippen molar-refractivity contribution in [2.75, 3.05) is 27.2 Å². The Morgan fingerprint density at radius 1 is 1.35 bits per heavy atom. The number of benzene rings is 1. The molecular formula is C19H29N7. The van der Waals surface area contributed by atoms with Gasteiger partial charge in [0.15, 0.2) is 5.96 Å². The maximum atomic E-state index is 4.42. The van der Waals surface area contributed by atoms with Crippen molar-refractivity contribution >= 4 is 5.96 Å². The molecule has 140 valence electrons. The Bertz CT molecular complexity index is 710. The fraction of sp³-hybridized carbons (Fsp3) is 0.526. The van der Waals surface area contributed by atoms with Crippen molar-refractivity contribution in [2.45, 2.75) is 32.0 Å². The molecule has 2 aromatic rings. The van der Waals surface area contributed by atoms with Gasteiger partial charge in [-0.25, -0.2) is 4.98 Å². The molecule has 1 unspecified atom stereocenters. The number of hydrogen-bond acceptors (Lipinski definition) is 4. The van der Waals surface area contributed by atoms with Crippen molar-refractivity contribution in [1.82, 2.24) is 29.9 Å². The summed E-state index contributed by atoms with van der Waals surface area (Å²) in [7, 11) is 5.76. The molecule has 1 fully saturated rings. The summed E-state index contributed by atoms with van der Waals surface area (Å²) in [6.45, 7) is 3.76. The van der Waals surface area contributed by atoms with Gasteiger partial charge in [0.25, 0.3) is 0 Å². The van der Waals surface area contributed by atoms with Crippen LogP contribution in [0.15, 0.2) is 41.7 Å². The number of guanidine groups is 1. The van der Waals surface area contributed by atoms with E-state index in [1.54, 1.807) is 11.0 Å². The van der Waals surface area contributed by atoms with Crippen molar-refractivity contribution in [1.29, 1.82) is 0 Å². The summed E-state index contributed by atoms with van der Waals surface area (Å²) in [5, 5.41) is 7.66. The summed E-state index contributed by atoms with van der Waals surface area (Å²) < 4.78 is 1.79. The summed E-state index contributed by atoms with van der Waals surface area (Å²) >= 11 is 0. The molecular weight excluding hydrogens is 326 g/mol. The lowest BCUT2D eigenvalue weighted by Crippen LogP contribution is -2.45. The standard InChI is InChI=1S/C19H29N7/c1-20-19(24(2)14-18-22-15-23-25(18)3)21-12-17-10-7-11-26(17)13-16-8-5-4-6-9-16/h4-6,8-9,15,17H,7,10-14H2,1-3H3,(H,20,21). The van der Waals surface area contributed by atoms with Crippen LogP contribution in [0.2, 0.25) is 0 Å². The number of aryl methyl sites for hydroxylation is 1. The number of nitrogens with zero attached hydrogens (tertiary/aromatic N) is 6. The third kappa shape index (κ3) is 4.60. The van der Waals surface area contributed by atoms with Crippen molar-refractivity contribution in [3.63, 3.8) is 0 Å². The SMILES string of the molecule is CN=C(NCC1CCCN1Cc1ccccc1)N(C)Cc1ncnn1C. The molecule has 2 heterocycles. The van der Waals surface area contributed by atoms with Crippen LogP contribution in [0.5, 0.6) is 0 Å². The molecule has 1 aromatic carbocycles. The minimum atomic E-state index is 0.537. The van der Waals surface area contributed by atoms with Crippen LogP contribution in [0.1, 0.15) is 24.2 Å². The minimum absolute atomic E-state index is 0.537. The molecule has 7 nitrogen and oxygen atoms in total. The molecule has 1 atom stereocenters. The monoisotopic (exact) mass is 355 g/mol. The average molecular weight is 355 g/mol. The molecule has 0 aliphatic carbocycles. The fourth-order valence-corrected chi connectivity index (χ4v) is 3.50. The van der Waals surface area contributed by atoms with Crippen LogP contribution in [0.25, 0.3) is 0 Å². The normalized spacial score (nSPS) is 18.3. The number of likely N-dealkylation sites (tertiary alicyclic amines) is 1. The molecule has 1 aromatic heterocycles. The summed E-state index contributed by atoms with van der Waals surface area (Å²) in [6.07, 6.45) is 4.07. The van der Waals surface area contributed by atoms with Gasteiger partial charge >= 0.3 is 0 Å². The highest BCUT2D eigenvalue weighted by Gasteiger charge is 2.25. The Labute approximate surface area is 155 Å². The summed E-state index contributed by atoms with van der Waals surface area (Å²) in [5.41, 5.74) is 1.38. The van der Waals surface area contributed by atoms with E-state index in [1.165, 1.54) is 18.4 Å². The second-order valence-corrected chi connectivity index (χ2v) is 6.84. The molecule has 0 saturated carbocycles. The lowest BCUT2D eigenvalue weighted by molar-refractivity contribution is 0.243. The van der Waals surface area contributed by atoms with E-state index in [4.69, 9.17) is 0 Å². The first kappa shape index (κ1) is 18.4. The molecule has 1 N–H and O–H groups in total. The van der Waals surface area contributed by atoms with Crippen LogP contribution in [0.4, 0.5) is 0 Å². The van der Waals surface area contributed by atoms with Crippen LogP contribution in [-0.2, 0) is 20.1 Å². The predicted molar refractivity (Wildman–Crippen MR) is 104 cm³/mol. The maximum absolute atomic E-state index is 4.42. The quantitative estimate of drug-likeness (QED) is 0.628. The van der Waals surface area contributed by atoms with Gasteiger partial charge in [-0.05, 0) is 24.9 Å². The molecule has 26 heavy (non-hydrogen) atoms. The minimum Gasteiger partial charge on any atom is -0.355 e. The van der Waals surface area contributed by atoms with E-state index in [2.05, 4.69) is 60.5 Å². The van der Waals surface area contributed by atoms with Crippen molar-refractivity contribution in [2.24, 2.45) is 12.0 Å². The third-order valence-corrected chi connectivity index (χ3v) is 4.98. The van der Waals surface area contributed by atoms with Gasteiger partial charge in [0.05, 0.1) is 6.54 Å². The van der Waals surface area contributed by atoms with Crippen molar-refractivity contribution in [3.05, 3.63) is 48.0 Å². The van der Waals surface area contributed by atoms with E-state index in [0.29, 0.717) is 12.6 Å². The third-order valence-electron chi connectivity index (χ3n) is 4.98. The molecule has 1 aliphatic heterocycles. The second kappa shape index (κ2) is 8.80. The highest BCUT2D eigenvalue weighted by atomic mass is 15.4. The molecule has 1 saturated heterocycles. The van der Waals surface area contributed by atoms with Crippen LogP contribution < -0.4 is 5.32 Å². The lowest BCUT2D eigenvalue weighted by atomic mass is 10.2. The van der Waals surface area contributed by atoms with Crippen molar-refractivity contribution < 1.29 is 0 Å². The Morgan fingerprint density at radius 2 is 2.15 bits per heavy atom. The molecule has 3 rings (SSSR count). The lowest BCUT2D eigenvalue weighted by Gasteiger charge is -2.27. The smallest absolute Gasteiger partial charge is 0.193 e. The van der Waals surface area contributed by atoms with E-state index >= 15 is 0 Å². The van der Waals surface area contributed by atoms with Gasteiger partial charge in [0.2, 0.25) is 0 Å². The summed E-state index contributed by atoms with van der Waals surface area (Å²) in [6, 6.07) is 11.2. The predicted octanol–water partition coefficient (Wildman–Crippen LogP) is 1.49. The first-order valence-electron chi connectivity index (χ1n) is 9.20. The fourth-order valence-electron chi connectivity index (χ4n) is 3.50. The molecule has 1 aliphatic rings. The molecule has 0 radical (unpaired) electrons. The van der Waals surface area contributed by atoms with E-state index in [1.807, 2.05) is 21.1 Å². The van der Waals surface area contributed by atoms with Crippen LogP contribution in [-0.4, -0.2) is 63.8 Å². The Balaban J connectivity index is 1.53. The van der Waals surface area contributed by atoms with Gasteiger partial charge in [-0.3, -0.25) is 14.6 Å². The highest BCUT2D eigenvalue weighted by Crippen LogP contribution is 2.19. The number of aromatic nitrogens is 3. The number of aliphatic imine (C=N–C) groups is 1.